The van der Waals surface area contributed by atoms with E-state index in [2.05, 4.69) is 69.7 Å². The van der Waals surface area contributed by atoms with Gasteiger partial charge in [-0.2, -0.15) is 0 Å². The summed E-state index contributed by atoms with van der Waals surface area (Å²) in [5, 5.41) is 28.5. The fourth-order valence-electron chi connectivity index (χ4n) is 12.5. The average molecular weight is 675 g/mol. The highest BCUT2D eigenvalue weighted by Crippen LogP contribution is 2.53. The minimum absolute atomic E-state index is 0.0138. The Labute approximate surface area is 289 Å². The molecule has 5 heterocycles. The van der Waals surface area contributed by atoms with Crippen LogP contribution in [0.5, 0.6) is 0 Å². The molecule has 6 fully saturated rings. The Hall–Kier alpha value is -1.30. The highest BCUT2D eigenvalue weighted by molar-refractivity contribution is 5.74. The number of hydrogen-bond acceptors (Lipinski definition) is 10. The van der Waals surface area contributed by atoms with Crippen LogP contribution in [0.15, 0.2) is 0 Å². The largest absolute Gasteiger partial charge is 0.469 e. The van der Waals surface area contributed by atoms with Crippen LogP contribution in [0.2, 0.25) is 0 Å². The molecule has 0 aromatic heterocycles. The summed E-state index contributed by atoms with van der Waals surface area (Å²) in [6.07, 6.45) is 4.62. The topological polar surface area (TPSA) is 130 Å². The summed E-state index contributed by atoms with van der Waals surface area (Å²) >= 11 is 0. The highest BCUT2D eigenvalue weighted by Gasteiger charge is 2.64. The number of methoxy groups -OCH3 is 2. The van der Waals surface area contributed by atoms with E-state index >= 15 is 0 Å². The number of carbonyl (C=O) groups is 2. The SMILES string of the molecule is CCOC(C)C1C2CC3NC(CC4NC5C(C4C)C(O)C(C(=O)OC)C5C4NC(CC(N2)C1C)C(C)C4CCC(=O)OC)C(CC)C3C. The predicted octanol–water partition coefficient (Wildman–Crippen LogP) is 3.11. The molecule has 5 saturated heterocycles. The lowest BCUT2D eigenvalue weighted by molar-refractivity contribution is -0.152. The molecule has 6 aliphatic rings. The maximum atomic E-state index is 13.6. The summed E-state index contributed by atoms with van der Waals surface area (Å²) < 4.78 is 16.8. The first-order valence-corrected chi connectivity index (χ1v) is 19.4. The second-order valence-corrected chi connectivity index (χ2v) is 16.8. The molecule has 274 valence electrons. The van der Waals surface area contributed by atoms with Crippen molar-refractivity contribution in [2.75, 3.05) is 20.8 Å². The van der Waals surface area contributed by atoms with Crippen molar-refractivity contribution in [1.29, 1.82) is 0 Å². The van der Waals surface area contributed by atoms with Crippen molar-refractivity contribution < 1.29 is 28.9 Å². The quantitative estimate of drug-likeness (QED) is 0.245. The summed E-state index contributed by atoms with van der Waals surface area (Å²) in [6, 6.07) is 1.89. The van der Waals surface area contributed by atoms with Gasteiger partial charge in [0.25, 0.3) is 0 Å². The Kier molecular flexibility index (Phi) is 11.2. The lowest BCUT2D eigenvalue weighted by atomic mass is 9.74. The number of aliphatic hydroxyl groups is 1. The zero-order valence-corrected chi connectivity index (χ0v) is 31.0. The second-order valence-electron chi connectivity index (χ2n) is 16.8. The minimum Gasteiger partial charge on any atom is -0.469 e. The van der Waals surface area contributed by atoms with Crippen LogP contribution < -0.4 is 21.3 Å². The smallest absolute Gasteiger partial charge is 0.311 e. The highest BCUT2D eigenvalue weighted by atomic mass is 16.5. The number of nitrogens with one attached hydrogen (secondary N) is 4. The van der Waals surface area contributed by atoms with Crippen molar-refractivity contribution in [3.8, 4) is 0 Å². The van der Waals surface area contributed by atoms with Crippen LogP contribution in [0.1, 0.15) is 87.0 Å². The number of esters is 2. The van der Waals surface area contributed by atoms with E-state index in [9.17, 15) is 14.7 Å². The summed E-state index contributed by atoms with van der Waals surface area (Å²) in [6.45, 7) is 16.9. The summed E-state index contributed by atoms with van der Waals surface area (Å²) in [7, 11) is 2.90. The molecule has 1 aliphatic carbocycles. The maximum absolute atomic E-state index is 13.6. The van der Waals surface area contributed by atoms with Crippen molar-refractivity contribution in [1.82, 2.24) is 21.3 Å². The van der Waals surface area contributed by atoms with Crippen LogP contribution in [0.3, 0.4) is 0 Å². The molecule has 20 atom stereocenters. The number of aliphatic hydroxyl groups excluding tert-OH is 1. The van der Waals surface area contributed by atoms with Gasteiger partial charge >= 0.3 is 11.9 Å². The number of rotatable bonds is 8. The van der Waals surface area contributed by atoms with E-state index in [1.165, 1.54) is 14.2 Å². The van der Waals surface area contributed by atoms with Crippen LogP contribution in [0.4, 0.5) is 0 Å². The van der Waals surface area contributed by atoms with Gasteiger partial charge in [0.1, 0.15) is 0 Å². The van der Waals surface area contributed by atoms with E-state index in [0.29, 0.717) is 67.3 Å². The fraction of sp³-hybridized carbons (Fsp3) is 0.947. The van der Waals surface area contributed by atoms with E-state index in [0.717, 1.165) is 25.7 Å². The average Bonchev–Trinajstić information content (AvgIpc) is 3.80. The summed E-state index contributed by atoms with van der Waals surface area (Å²) in [5.74, 6) is 1.31. The Morgan fingerprint density at radius 3 is 1.98 bits per heavy atom. The van der Waals surface area contributed by atoms with E-state index < -0.39 is 12.0 Å². The van der Waals surface area contributed by atoms with Gasteiger partial charge in [0.2, 0.25) is 0 Å². The van der Waals surface area contributed by atoms with Crippen molar-refractivity contribution in [2.45, 2.75) is 148 Å². The number of carbonyl (C=O) groups excluding carboxylic acids is 2. The molecule has 20 unspecified atom stereocenters. The van der Waals surface area contributed by atoms with Crippen LogP contribution in [0, 0.1) is 59.2 Å². The summed E-state index contributed by atoms with van der Waals surface area (Å²) in [4.78, 5) is 26.0. The molecule has 0 radical (unpaired) electrons. The monoisotopic (exact) mass is 674 g/mol. The first-order valence-electron chi connectivity index (χ1n) is 19.4. The minimum atomic E-state index is -0.778. The van der Waals surface area contributed by atoms with Crippen LogP contribution in [-0.2, 0) is 23.8 Å². The molecule has 6 rings (SSSR count). The molecule has 10 nitrogen and oxygen atoms in total. The van der Waals surface area contributed by atoms with Gasteiger partial charge in [-0.05, 0) is 75.0 Å². The van der Waals surface area contributed by atoms with Gasteiger partial charge in [0, 0.05) is 79.1 Å². The van der Waals surface area contributed by atoms with E-state index in [1.54, 1.807) is 0 Å². The van der Waals surface area contributed by atoms with E-state index in [-0.39, 0.29) is 71.8 Å². The zero-order chi connectivity index (χ0) is 34.6. The summed E-state index contributed by atoms with van der Waals surface area (Å²) in [5.41, 5.74) is 0. The van der Waals surface area contributed by atoms with Crippen molar-refractivity contribution >= 4 is 11.9 Å². The Bertz CT molecular complexity index is 1140. The van der Waals surface area contributed by atoms with E-state index in [1.807, 2.05) is 0 Å². The van der Waals surface area contributed by atoms with Gasteiger partial charge in [0.15, 0.2) is 0 Å². The Morgan fingerprint density at radius 2 is 1.31 bits per heavy atom. The molecule has 1 saturated carbocycles. The molecule has 0 aromatic carbocycles. The first kappa shape index (κ1) is 36.5. The van der Waals surface area contributed by atoms with Gasteiger partial charge in [-0.15, -0.1) is 0 Å². The number of hydrogen-bond donors (Lipinski definition) is 5. The van der Waals surface area contributed by atoms with Gasteiger partial charge in [-0.25, -0.2) is 0 Å². The molecule has 5 N–H and O–H groups in total. The van der Waals surface area contributed by atoms with E-state index in [4.69, 9.17) is 14.2 Å². The molecule has 0 amide bonds. The molecule has 48 heavy (non-hydrogen) atoms. The van der Waals surface area contributed by atoms with Crippen LogP contribution in [0.25, 0.3) is 0 Å². The van der Waals surface area contributed by atoms with Gasteiger partial charge in [0.05, 0.1) is 32.3 Å². The van der Waals surface area contributed by atoms with Crippen LogP contribution >= 0.6 is 0 Å². The molecule has 5 aliphatic heterocycles. The van der Waals surface area contributed by atoms with Crippen molar-refractivity contribution in [2.24, 2.45) is 59.2 Å². The number of ether oxygens (including phenoxy) is 3. The Balaban J connectivity index is 1.40. The molecular formula is C38H66N4O6. The third-order valence-corrected chi connectivity index (χ3v) is 15.0. The van der Waals surface area contributed by atoms with Crippen molar-refractivity contribution in [3.05, 3.63) is 0 Å². The van der Waals surface area contributed by atoms with Crippen LogP contribution in [-0.4, -0.2) is 98.4 Å². The standard InChI is InChI=1S/C38H66N4O6/c1-10-22-17(3)24-16-29-31(21(7)48-11-2)19(5)26(40-29)14-25-18(4)23(12-13-30(43)46-8)35(41-25)33-34(38(45)47-9)37(44)32-20(6)27(42-36(32)33)15-28(22)39-24/h17-29,31-37,39-42,44H,10-16H2,1-9H3. The predicted molar refractivity (Wildman–Crippen MR) is 185 cm³/mol. The maximum Gasteiger partial charge on any atom is 0.311 e. The fourth-order valence-corrected chi connectivity index (χ4v) is 12.5. The second kappa shape index (κ2) is 14.7. The third-order valence-electron chi connectivity index (χ3n) is 15.0. The molecular weight excluding hydrogens is 608 g/mol. The lowest BCUT2D eigenvalue weighted by Crippen LogP contribution is -2.52. The Morgan fingerprint density at radius 1 is 0.729 bits per heavy atom. The normalized spacial score (nSPS) is 50.4. The third kappa shape index (κ3) is 6.27. The number of fused-ring (bicyclic) bond motifs is 8. The first-order chi connectivity index (χ1) is 22.9. The van der Waals surface area contributed by atoms with Crippen molar-refractivity contribution in [3.63, 3.8) is 0 Å². The lowest BCUT2D eigenvalue weighted by Gasteiger charge is -2.35. The van der Waals surface area contributed by atoms with Gasteiger partial charge in [-0.1, -0.05) is 41.0 Å². The molecule has 8 bridgehead atoms. The van der Waals surface area contributed by atoms with Gasteiger partial charge < -0.3 is 40.6 Å². The molecule has 0 spiro atoms. The zero-order valence-electron chi connectivity index (χ0n) is 31.0. The molecule has 0 aromatic rings. The molecule has 10 heteroatoms. The van der Waals surface area contributed by atoms with Gasteiger partial charge in [-0.3, -0.25) is 9.59 Å².